The molecule has 2 rings (SSSR count). The maximum absolute atomic E-state index is 5.57. The van der Waals surface area contributed by atoms with Crippen LogP contribution in [-0.4, -0.2) is 20.7 Å². The lowest BCUT2D eigenvalue weighted by Gasteiger charge is -2.29. The summed E-state index contributed by atoms with van der Waals surface area (Å²) in [6, 6.07) is 16.9. The van der Waals surface area contributed by atoms with E-state index in [1.165, 1.54) is 16.9 Å². The number of methoxy groups -OCH3 is 1. The summed E-state index contributed by atoms with van der Waals surface area (Å²) in [4.78, 5) is 2.31. The van der Waals surface area contributed by atoms with Gasteiger partial charge in [0.25, 0.3) is 0 Å². The predicted molar refractivity (Wildman–Crippen MR) is 89.6 cm³/mol. The number of para-hydroxylation sites is 1. The van der Waals surface area contributed by atoms with Crippen molar-refractivity contribution < 1.29 is 4.74 Å². The lowest BCUT2D eigenvalue weighted by atomic mass is 10.0. The number of rotatable bonds is 6. The molecule has 0 radical (unpaired) electrons. The van der Waals surface area contributed by atoms with Crippen LogP contribution in [0.25, 0.3) is 0 Å². The highest BCUT2D eigenvalue weighted by atomic mass is 16.5. The molecule has 0 aliphatic carbocycles. The van der Waals surface area contributed by atoms with Crippen LogP contribution in [0.3, 0.4) is 0 Å². The van der Waals surface area contributed by atoms with E-state index in [-0.39, 0.29) is 6.04 Å². The first kappa shape index (κ1) is 15.4. The van der Waals surface area contributed by atoms with Gasteiger partial charge < -0.3 is 15.0 Å². The molecule has 1 N–H and O–H groups in total. The van der Waals surface area contributed by atoms with E-state index in [0.29, 0.717) is 0 Å². The first-order chi connectivity index (χ1) is 10.2. The third-order valence-electron chi connectivity index (χ3n) is 3.80. The third kappa shape index (κ3) is 3.19. The Labute approximate surface area is 127 Å². The fraction of sp³-hybridized carbons (Fsp3) is 0.333. The summed E-state index contributed by atoms with van der Waals surface area (Å²) in [6.45, 7) is 5.22. The second-order valence-electron chi connectivity index (χ2n) is 4.98. The van der Waals surface area contributed by atoms with E-state index in [4.69, 9.17) is 4.74 Å². The standard InChI is InChI=1S/C18H24N2O/c1-5-20(15-10-7-6-8-11-15)16-12-9-13-17(21-4)18(16)14(2)19-3/h6-14,19H,5H2,1-4H3. The molecule has 2 aromatic rings. The Morgan fingerprint density at radius 1 is 1.10 bits per heavy atom. The summed E-state index contributed by atoms with van der Waals surface area (Å²) in [5.74, 6) is 0.920. The minimum atomic E-state index is 0.217. The maximum atomic E-state index is 5.57. The van der Waals surface area contributed by atoms with Crippen molar-refractivity contribution in [2.75, 3.05) is 25.6 Å². The molecule has 0 amide bonds. The number of anilines is 2. The molecule has 1 atom stereocenters. The van der Waals surface area contributed by atoms with Gasteiger partial charge in [-0.3, -0.25) is 0 Å². The summed E-state index contributed by atoms with van der Waals surface area (Å²) in [5, 5.41) is 3.32. The molecule has 3 heteroatoms. The largest absolute Gasteiger partial charge is 0.496 e. The normalized spacial score (nSPS) is 12.0. The highest BCUT2D eigenvalue weighted by molar-refractivity contribution is 5.69. The maximum Gasteiger partial charge on any atom is 0.125 e. The van der Waals surface area contributed by atoms with Crippen molar-refractivity contribution in [3.63, 3.8) is 0 Å². The molecule has 0 fully saturated rings. The van der Waals surface area contributed by atoms with Crippen LogP contribution in [0.1, 0.15) is 25.5 Å². The molecule has 2 aromatic carbocycles. The van der Waals surface area contributed by atoms with Crippen molar-refractivity contribution >= 4 is 11.4 Å². The minimum absolute atomic E-state index is 0.217. The lowest BCUT2D eigenvalue weighted by Crippen LogP contribution is -2.22. The summed E-state index contributed by atoms with van der Waals surface area (Å²) in [6.07, 6.45) is 0. The van der Waals surface area contributed by atoms with E-state index < -0.39 is 0 Å². The van der Waals surface area contributed by atoms with E-state index in [0.717, 1.165) is 12.3 Å². The van der Waals surface area contributed by atoms with E-state index in [2.05, 4.69) is 54.4 Å². The van der Waals surface area contributed by atoms with Gasteiger partial charge in [-0.15, -0.1) is 0 Å². The molecule has 0 saturated carbocycles. The summed E-state index contributed by atoms with van der Waals surface area (Å²) >= 11 is 0. The second kappa shape index (κ2) is 7.14. The quantitative estimate of drug-likeness (QED) is 0.863. The Bertz CT molecular complexity index is 569. The van der Waals surface area contributed by atoms with Crippen molar-refractivity contribution in [2.24, 2.45) is 0 Å². The van der Waals surface area contributed by atoms with Gasteiger partial charge in [-0.05, 0) is 45.2 Å². The monoisotopic (exact) mass is 284 g/mol. The Balaban J connectivity index is 2.56. The molecule has 21 heavy (non-hydrogen) atoms. The Morgan fingerprint density at radius 3 is 2.38 bits per heavy atom. The number of nitrogens with zero attached hydrogens (tertiary/aromatic N) is 1. The minimum Gasteiger partial charge on any atom is -0.496 e. The second-order valence-corrected chi connectivity index (χ2v) is 4.98. The molecule has 3 nitrogen and oxygen atoms in total. The molecule has 0 aromatic heterocycles. The van der Waals surface area contributed by atoms with Crippen LogP contribution in [0.4, 0.5) is 11.4 Å². The van der Waals surface area contributed by atoms with E-state index in [9.17, 15) is 0 Å². The lowest BCUT2D eigenvalue weighted by molar-refractivity contribution is 0.404. The number of hydrogen-bond acceptors (Lipinski definition) is 3. The zero-order chi connectivity index (χ0) is 15.2. The van der Waals surface area contributed by atoms with Gasteiger partial charge in [-0.25, -0.2) is 0 Å². The first-order valence-corrected chi connectivity index (χ1v) is 7.39. The molecule has 0 aliphatic heterocycles. The van der Waals surface area contributed by atoms with Gasteiger partial charge in [0.05, 0.1) is 7.11 Å². The van der Waals surface area contributed by atoms with E-state index in [1.807, 2.05) is 25.2 Å². The highest BCUT2D eigenvalue weighted by Gasteiger charge is 2.19. The molecule has 0 spiro atoms. The number of ether oxygens (including phenoxy) is 1. The topological polar surface area (TPSA) is 24.5 Å². The van der Waals surface area contributed by atoms with Gasteiger partial charge in [-0.2, -0.15) is 0 Å². The average Bonchev–Trinajstić information content (AvgIpc) is 2.55. The van der Waals surface area contributed by atoms with Crippen LogP contribution in [-0.2, 0) is 0 Å². The van der Waals surface area contributed by atoms with Crippen LogP contribution >= 0.6 is 0 Å². The van der Waals surface area contributed by atoms with Gasteiger partial charge in [-0.1, -0.05) is 24.3 Å². The summed E-state index contributed by atoms with van der Waals surface area (Å²) < 4.78 is 5.57. The number of nitrogens with one attached hydrogen (secondary N) is 1. The van der Waals surface area contributed by atoms with Crippen molar-refractivity contribution in [1.82, 2.24) is 5.32 Å². The summed E-state index contributed by atoms with van der Waals surface area (Å²) in [7, 11) is 3.70. The van der Waals surface area contributed by atoms with Crippen molar-refractivity contribution in [1.29, 1.82) is 0 Å². The average molecular weight is 284 g/mol. The smallest absolute Gasteiger partial charge is 0.125 e. The van der Waals surface area contributed by atoms with Gasteiger partial charge in [0.15, 0.2) is 0 Å². The Hall–Kier alpha value is -2.00. The molecule has 0 heterocycles. The molecule has 0 aliphatic rings. The SMILES string of the molecule is CCN(c1ccccc1)c1cccc(OC)c1C(C)NC. The van der Waals surface area contributed by atoms with Gasteiger partial charge in [0.1, 0.15) is 5.75 Å². The van der Waals surface area contributed by atoms with Crippen molar-refractivity contribution in [2.45, 2.75) is 19.9 Å². The van der Waals surface area contributed by atoms with Crippen LogP contribution in [0.15, 0.2) is 48.5 Å². The zero-order valence-corrected chi connectivity index (χ0v) is 13.3. The molecular weight excluding hydrogens is 260 g/mol. The highest BCUT2D eigenvalue weighted by Crippen LogP contribution is 2.37. The fourth-order valence-corrected chi connectivity index (χ4v) is 2.63. The Morgan fingerprint density at radius 2 is 1.81 bits per heavy atom. The summed E-state index contributed by atoms with van der Waals surface area (Å²) in [5.41, 5.74) is 3.57. The van der Waals surface area contributed by atoms with Gasteiger partial charge in [0, 0.05) is 29.5 Å². The number of benzene rings is 2. The zero-order valence-electron chi connectivity index (χ0n) is 13.3. The molecule has 0 saturated heterocycles. The third-order valence-corrected chi connectivity index (χ3v) is 3.80. The van der Waals surface area contributed by atoms with Gasteiger partial charge >= 0.3 is 0 Å². The molecule has 112 valence electrons. The van der Waals surface area contributed by atoms with Crippen LogP contribution in [0.2, 0.25) is 0 Å². The van der Waals surface area contributed by atoms with E-state index in [1.54, 1.807) is 7.11 Å². The molecular formula is C18H24N2O. The fourth-order valence-electron chi connectivity index (χ4n) is 2.63. The van der Waals surface area contributed by atoms with Crippen molar-refractivity contribution in [3.05, 3.63) is 54.1 Å². The van der Waals surface area contributed by atoms with Crippen LogP contribution in [0, 0.1) is 0 Å². The van der Waals surface area contributed by atoms with Crippen LogP contribution in [0.5, 0.6) is 5.75 Å². The predicted octanol–water partition coefficient (Wildman–Crippen LogP) is 4.13. The molecule has 0 bridgehead atoms. The van der Waals surface area contributed by atoms with Gasteiger partial charge in [0.2, 0.25) is 0 Å². The number of hydrogen-bond donors (Lipinski definition) is 1. The molecule has 1 unspecified atom stereocenters. The van der Waals surface area contributed by atoms with Crippen LogP contribution < -0.4 is 15.0 Å². The Kier molecular flexibility index (Phi) is 5.23. The van der Waals surface area contributed by atoms with Crippen molar-refractivity contribution in [3.8, 4) is 5.75 Å². The van der Waals surface area contributed by atoms with E-state index >= 15 is 0 Å². The first-order valence-electron chi connectivity index (χ1n) is 7.39.